The van der Waals surface area contributed by atoms with Crippen LogP contribution in [0.1, 0.15) is 26.3 Å². The van der Waals surface area contributed by atoms with E-state index < -0.39 is 17.1 Å². The first-order valence-electron chi connectivity index (χ1n) is 6.75. The maximum absolute atomic E-state index is 12.4. The fraction of sp³-hybridized carbons (Fsp3) is 0.0625. The van der Waals surface area contributed by atoms with E-state index in [2.05, 4.69) is 12.6 Å². The van der Waals surface area contributed by atoms with Gasteiger partial charge in [-0.25, -0.2) is 5.01 Å². The second kappa shape index (κ2) is 5.77. The number of phenols is 1. The van der Waals surface area contributed by atoms with Gasteiger partial charge in [-0.05, 0) is 29.8 Å². The molecule has 0 saturated carbocycles. The van der Waals surface area contributed by atoms with E-state index in [1.807, 2.05) is 0 Å². The number of fused-ring (bicyclic) bond motifs is 1. The summed E-state index contributed by atoms with van der Waals surface area (Å²) < 4.78 is 0. The molecular weight excluding hydrogens is 316 g/mol. The van der Waals surface area contributed by atoms with Gasteiger partial charge in [0.1, 0.15) is 5.75 Å². The van der Waals surface area contributed by atoms with Crippen LogP contribution in [-0.4, -0.2) is 32.2 Å². The van der Waals surface area contributed by atoms with Crippen molar-refractivity contribution in [3.8, 4) is 5.75 Å². The molecule has 3 rings (SSSR count). The highest BCUT2D eigenvalue weighted by Crippen LogP contribution is 2.26. The van der Waals surface area contributed by atoms with Crippen LogP contribution in [0.3, 0.4) is 0 Å². The van der Waals surface area contributed by atoms with Gasteiger partial charge in [-0.2, -0.15) is 5.01 Å². The van der Waals surface area contributed by atoms with Crippen LogP contribution < -0.4 is 0 Å². The Bertz CT molecular complexity index is 769. The molecule has 1 aliphatic rings. The number of benzene rings is 2. The van der Waals surface area contributed by atoms with Gasteiger partial charge in [0.25, 0.3) is 17.1 Å². The molecule has 1 N–H and O–H groups in total. The van der Waals surface area contributed by atoms with E-state index in [1.165, 1.54) is 24.3 Å². The molecule has 1 heterocycles. The van der Waals surface area contributed by atoms with E-state index in [0.717, 1.165) is 10.0 Å². The van der Waals surface area contributed by atoms with Crippen molar-refractivity contribution in [3.63, 3.8) is 0 Å². The first-order valence-corrected chi connectivity index (χ1v) is 7.20. The van der Waals surface area contributed by atoms with Crippen molar-refractivity contribution in [3.05, 3.63) is 65.2 Å². The Labute approximate surface area is 137 Å². The number of hydrazine groups is 1. The number of carbonyl (C=O) groups is 3. The van der Waals surface area contributed by atoms with Gasteiger partial charge in [-0.1, -0.05) is 36.9 Å². The SMILES string of the molecule is O=C(S)N(Cc1ccc(O)cc1)N1C(=O)c2ccccc2C1=O. The Kier molecular flexibility index (Phi) is 3.79. The molecule has 3 amide bonds. The first kappa shape index (κ1) is 15.1. The summed E-state index contributed by atoms with van der Waals surface area (Å²) in [7, 11) is 0. The second-order valence-electron chi connectivity index (χ2n) is 4.97. The normalized spacial score (nSPS) is 13.2. The number of carbonyl (C=O) groups excluding carboxylic acids is 3. The lowest BCUT2D eigenvalue weighted by molar-refractivity contribution is 0.0205. The zero-order valence-electron chi connectivity index (χ0n) is 11.8. The zero-order chi connectivity index (χ0) is 16.6. The number of amides is 3. The number of imide groups is 1. The molecule has 1 aliphatic heterocycles. The third-order valence-corrected chi connectivity index (χ3v) is 3.73. The van der Waals surface area contributed by atoms with Crippen LogP contribution in [0.4, 0.5) is 4.79 Å². The minimum Gasteiger partial charge on any atom is -0.508 e. The van der Waals surface area contributed by atoms with E-state index in [9.17, 15) is 19.5 Å². The van der Waals surface area contributed by atoms with E-state index >= 15 is 0 Å². The molecule has 0 fully saturated rings. The van der Waals surface area contributed by atoms with Gasteiger partial charge >= 0.3 is 0 Å². The minimum atomic E-state index is -0.729. The number of rotatable bonds is 3. The van der Waals surface area contributed by atoms with Gasteiger partial charge in [0.15, 0.2) is 0 Å². The number of hydrogen-bond acceptors (Lipinski definition) is 4. The molecule has 0 radical (unpaired) electrons. The fourth-order valence-corrected chi connectivity index (χ4v) is 2.55. The lowest BCUT2D eigenvalue weighted by atomic mass is 10.1. The third-order valence-electron chi connectivity index (χ3n) is 3.50. The average molecular weight is 328 g/mol. The Morgan fingerprint density at radius 1 is 1.00 bits per heavy atom. The predicted molar refractivity (Wildman–Crippen MR) is 85.0 cm³/mol. The van der Waals surface area contributed by atoms with Crippen molar-refractivity contribution >= 4 is 29.7 Å². The summed E-state index contributed by atoms with van der Waals surface area (Å²) in [6.45, 7) is -0.0198. The summed E-state index contributed by atoms with van der Waals surface area (Å²) in [4.78, 5) is 36.7. The summed E-state index contributed by atoms with van der Waals surface area (Å²) in [6, 6.07) is 12.5. The Balaban J connectivity index is 1.94. The summed E-state index contributed by atoms with van der Waals surface area (Å²) in [5.41, 5.74) is 1.15. The van der Waals surface area contributed by atoms with Crippen LogP contribution >= 0.6 is 12.6 Å². The van der Waals surface area contributed by atoms with Gasteiger partial charge < -0.3 is 5.11 Å². The molecule has 23 heavy (non-hydrogen) atoms. The molecule has 0 atom stereocenters. The molecule has 6 nitrogen and oxygen atoms in total. The van der Waals surface area contributed by atoms with Crippen molar-refractivity contribution in [2.24, 2.45) is 0 Å². The zero-order valence-corrected chi connectivity index (χ0v) is 12.7. The number of phenolic OH excluding ortho intramolecular Hbond substituents is 1. The minimum absolute atomic E-state index is 0.0198. The first-order chi connectivity index (χ1) is 11.0. The molecule has 0 aliphatic carbocycles. The Morgan fingerprint density at radius 3 is 2.00 bits per heavy atom. The molecule has 0 saturated heterocycles. The number of nitrogens with zero attached hydrogens (tertiary/aromatic N) is 2. The second-order valence-corrected chi connectivity index (χ2v) is 5.36. The van der Waals surface area contributed by atoms with Crippen LogP contribution in [0.5, 0.6) is 5.75 Å². The summed E-state index contributed by atoms with van der Waals surface area (Å²) in [6.07, 6.45) is 0. The standard InChI is InChI=1S/C16H12N2O4S/c19-11-7-5-10(6-8-11)9-17(16(22)23)18-14(20)12-3-1-2-4-13(12)15(18)21/h1-8,19H,9H2,(H,22,23). The topological polar surface area (TPSA) is 77.9 Å². The molecular formula is C16H12N2O4S. The summed E-state index contributed by atoms with van der Waals surface area (Å²) in [5, 5.41) is 10.3. The monoisotopic (exact) mass is 328 g/mol. The van der Waals surface area contributed by atoms with Crippen molar-refractivity contribution in [1.29, 1.82) is 0 Å². The third kappa shape index (κ3) is 2.66. The lowest BCUT2D eigenvalue weighted by Gasteiger charge is -2.28. The fourth-order valence-electron chi connectivity index (χ4n) is 2.39. The summed E-state index contributed by atoms with van der Waals surface area (Å²) in [5.74, 6) is -1.04. The van der Waals surface area contributed by atoms with Gasteiger partial charge in [0.05, 0.1) is 17.7 Å². The van der Waals surface area contributed by atoms with Crippen LogP contribution in [-0.2, 0) is 6.54 Å². The highest BCUT2D eigenvalue weighted by atomic mass is 32.1. The molecule has 0 spiro atoms. The van der Waals surface area contributed by atoms with Crippen LogP contribution in [0, 0.1) is 0 Å². The Hall–Kier alpha value is -2.80. The van der Waals surface area contributed by atoms with E-state index in [-0.39, 0.29) is 23.4 Å². The van der Waals surface area contributed by atoms with Crippen molar-refractivity contribution in [2.45, 2.75) is 6.54 Å². The molecule has 2 aromatic carbocycles. The van der Waals surface area contributed by atoms with Gasteiger partial charge in [0.2, 0.25) is 0 Å². The predicted octanol–water partition coefficient (Wildman–Crippen LogP) is 2.46. The molecule has 0 aromatic heterocycles. The van der Waals surface area contributed by atoms with Gasteiger partial charge in [-0.3, -0.25) is 14.4 Å². The van der Waals surface area contributed by atoms with E-state index in [1.54, 1.807) is 24.3 Å². The lowest BCUT2D eigenvalue weighted by Crippen LogP contribution is -2.47. The van der Waals surface area contributed by atoms with Crippen molar-refractivity contribution in [2.75, 3.05) is 0 Å². The largest absolute Gasteiger partial charge is 0.508 e. The maximum atomic E-state index is 12.4. The van der Waals surface area contributed by atoms with E-state index in [4.69, 9.17) is 0 Å². The molecule has 0 unspecified atom stereocenters. The molecule has 7 heteroatoms. The van der Waals surface area contributed by atoms with E-state index in [0.29, 0.717) is 5.56 Å². The molecule has 116 valence electrons. The summed E-state index contributed by atoms with van der Waals surface area (Å²) >= 11 is 3.77. The van der Waals surface area contributed by atoms with Crippen molar-refractivity contribution < 1.29 is 19.5 Å². The maximum Gasteiger partial charge on any atom is 0.297 e. The van der Waals surface area contributed by atoms with Crippen molar-refractivity contribution in [1.82, 2.24) is 10.0 Å². The number of hydrogen-bond donors (Lipinski definition) is 2. The average Bonchev–Trinajstić information content (AvgIpc) is 2.79. The van der Waals surface area contributed by atoms with Crippen LogP contribution in [0.2, 0.25) is 0 Å². The van der Waals surface area contributed by atoms with Crippen LogP contribution in [0.15, 0.2) is 48.5 Å². The molecule has 0 bridgehead atoms. The molecule has 2 aromatic rings. The smallest absolute Gasteiger partial charge is 0.297 e. The number of thiol groups is 1. The Morgan fingerprint density at radius 2 is 1.52 bits per heavy atom. The van der Waals surface area contributed by atoms with Gasteiger partial charge in [0, 0.05) is 0 Å². The quantitative estimate of drug-likeness (QED) is 0.670. The van der Waals surface area contributed by atoms with Gasteiger partial charge in [-0.15, -0.1) is 0 Å². The van der Waals surface area contributed by atoms with Crippen LogP contribution in [0.25, 0.3) is 0 Å². The number of aromatic hydroxyl groups is 1. The highest BCUT2D eigenvalue weighted by molar-refractivity contribution is 7.96. The highest BCUT2D eigenvalue weighted by Gasteiger charge is 2.40.